The van der Waals surface area contributed by atoms with Crippen LogP contribution in [0.1, 0.15) is 66.0 Å². The average molecular weight is 341 g/mol. The Morgan fingerprint density at radius 3 is 2.44 bits per heavy atom. The van der Waals surface area contributed by atoms with Gasteiger partial charge in [-0.2, -0.15) is 5.10 Å². The summed E-state index contributed by atoms with van der Waals surface area (Å²) in [7, 11) is 0. The van der Waals surface area contributed by atoms with E-state index in [1.807, 2.05) is 41.1 Å². The van der Waals surface area contributed by atoms with E-state index in [2.05, 4.69) is 39.9 Å². The van der Waals surface area contributed by atoms with Crippen molar-refractivity contribution in [3.05, 3.63) is 42.1 Å². The molecule has 1 aromatic heterocycles. The first-order valence-electron chi connectivity index (χ1n) is 9.33. The van der Waals surface area contributed by atoms with E-state index in [-0.39, 0.29) is 17.2 Å². The maximum Gasteiger partial charge on any atom is 0.228 e. The Kier molecular flexibility index (Phi) is 6.40. The molecule has 1 amide bonds. The molecular formula is C21H31N3O. The summed E-state index contributed by atoms with van der Waals surface area (Å²) in [5, 5.41) is 7.88. The monoisotopic (exact) mass is 341 g/mol. The van der Waals surface area contributed by atoms with E-state index >= 15 is 0 Å². The summed E-state index contributed by atoms with van der Waals surface area (Å²) < 4.78 is 1.84. The number of nitrogens with one attached hydrogen (secondary N) is 1. The molecule has 4 nitrogen and oxygen atoms in total. The summed E-state index contributed by atoms with van der Waals surface area (Å²) in [5.74, 6) is 0.890. The summed E-state index contributed by atoms with van der Waals surface area (Å²) in [6.07, 6.45) is 3.99. The number of carbonyl (C=O) groups excluding carboxylic acids is 1. The normalized spacial score (nSPS) is 12.8. The highest BCUT2D eigenvalue weighted by Gasteiger charge is 2.23. The Morgan fingerprint density at radius 2 is 1.88 bits per heavy atom. The molecule has 4 heteroatoms. The van der Waals surface area contributed by atoms with E-state index < -0.39 is 0 Å². The Bertz CT molecular complexity index is 683. The van der Waals surface area contributed by atoms with Gasteiger partial charge in [0.15, 0.2) is 0 Å². The van der Waals surface area contributed by atoms with Crippen LogP contribution in [0.2, 0.25) is 0 Å². The fourth-order valence-electron chi connectivity index (χ4n) is 2.80. The summed E-state index contributed by atoms with van der Waals surface area (Å²) in [6, 6.07) is 11.9. The highest BCUT2D eigenvalue weighted by Crippen LogP contribution is 2.27. The van der Waals surface area contributed by atoms with Crippen molar-refractivity contribution < 1.29 is 4.79 Å². The number of nitrogens with zero attached hydrogens (tertiary/aromatic N) is 2. The van der Waals surface area contributed by atoms with Gasteiger partial charge in [-0.3, -0.25) is 4.79 Å². The van der Waals surface area contributed by atoms with Crippen LogP contribution >= 0.6 is 0 Å². The van der Waals surface area contributed by atoms with Crippen LogP contribution in [0.4, 0.5) is 5.82 Å². The number of hydrogen-bond donors (Lipinski definition) is 1. The highest BCUT2D eigenvalue weighted by molar-refractivity contribution is 5.92. The topological polar surface area (TPSA) is 46.9 Å². The predicted molar refractivity (Wildman–Crippen MR) is 104 cm³/mol. The lowest BCUT2D eigenvalue weighted by Gasteiger charge is -2.15. The third-order valence-electron chi connectivity index (χ3n) is 4.50. The van der Waals surface area contributed by atoms with Gasteiger partial charge in [0.2, 0.25) is 5.91 Å². The number of unbranched alkanes of at least 4 members (excludes halogenated alkanes) is 1. The third kappa shape index (κ3) is 4.94. The first-order valence-corrected chi connectivity index (χ1v) is 9.33. The van der Waals surface area contributed by atoms with Gasteiger partial charge in [-0.25, -0.2) is 4.68 Å². The molecule has 136 valence electrons. The van der Waals surface area contributed by atoms with Crippen molar-refractivity contribution in [2.75, 3.05) is 5.32 Å². The second-order valence-electron chi connectivity index (χ2n) is 7.65. The number of para-hydroxylation sites is 1. The molecule has 25 heavy (non-hydrogen) atoms. The smallest absolute Gasteiger partial charge is 0.228 e. The van der Waals surface area contributed by atoms with Gasteiger partial charge in [-0.1, -0.05) is 65.7 Å². The van der Waals surface area contributed by atoms with Crippen molar-refractivity contribution in [3.8, 4) is 5.69 Å². The first-order chi connectivity index (χ1) is 11.9. The molecule has 2 rings (SSSR count). The molecule has 1 heterocycles. The number of aromatic nitrogens is 2. The van der Waals surface area contributed by atoms with Gasteiger partial charge >= 0.3 is 0 Å². The van der Waals surface area contributed by atoms with Gasteiger partial charge < -0.3 is 5.32 Å². The predicted octanol–water partition coefficient (Wildman–Crippen LogP) is 5.32. The fourth-order valence-corrected chi connectivity index (χ4v) is 2.80. The number of amides is 1. The Morgan fingerprint density at radius 1 is 1.20 bits per heavy atom. The van der Waals surface area contributed by atoms with Gasteiger partial charge in [-0.05, 0) is 25.0 Å². The summed E-state index contributed by atoms with van der Waals surface area (Å²) in [5.41, 5.74) is 1.84. The molecule has 1 atom stereocenters. The van der Waals surface area contributed by atoms with E-state index in [9.17, 15) is 4.79 Å². The van der Waals surface area contributed by atoms with Crippen molar-refractivity contribution in [3.63, 3.8) is 0 Å². The van der Waals surface area contributed by atoms with Crippen LogP contribution in [0.5, 0.6) is 0 Å². The number of anilines is 1. The molecule has 0 aliphatic rings. The molecule has 0 unspecified atom stereocenters. The zero-order valence-corrected chi connectivity index (χ0v) is 16.2. The van der Waals surface area contributed by atoms with Crippen molar-refractivity contribution in [2.24, 2.45) is 5.92 Å². The molecule has 0 fully saturated rings. The molecule has 0 radical (unpaired) electrons. The number of hydrogen-bond acceptors (Lipinski definition) is 2. The van der Waals surface area contributed by atoms with E-state index in [1.165, 1.54) is 0 Å². The van der Waals surface area contributed by atoms with Gasteiger partial charge in [0.1, 0.15) is 5.82 Å². The molecular weight excluding hydrogens is 310 g/mol. The van der Waals surface area contributed by atoms with Crippen LogP contribution in [0.3, 0.4) is 0 Å². The lowest BCUT2D eigenvalue weighted by atomic mass is 9.92. The number of carbonyl (C=O) groups is 1. The lowest BCUT2D eigenvalue weighted by Crippen LogP contribution is -2.23. The van der Waals surface area contributed by atoms with Crippen LogP contribution < -0.4 is 5.32 Å². The van der Waals surface area contributed by atoms with Crippen molar-refractivity contribution in [1.29, 1.82) is 0 Å². The van der Waals surface area contributed by atoms with E-state index in [0.29, 0.717) is 0 Å². The maximum absolute atomic E-state index is 12.7. The summed E-state index contributed by atoms with van der Waals surface area (Å²) in [6.45, 7) is 10.6. The quantitative estimate of drug-likeness (QED) is 0.740. The van der Waals surface area contributed by atoms with Crippen molar-refractivity contribution in [2.45, 2.75) is 65.7 Å². The first kappa shape index (κ1) is 19.2. The summed E-state index contributed by atoms with van der Waals surface area (Å²) >= 11 is 0. The molecule has 0 bridgehead atoms. The van der Waals surface area contributed by atoms with Crippen molar-refractivity contribution in [1.82, 2.24) is 9.78 Å². The molecule has 0 aliphatic heterocycles. The SMILES string of the molecule is CCCC[C@@H](CC)C(=O)Nc1cc(C(C)(C)C)nn1-c1ccccc1. The highest BCUT2D eigenvalue weighted by atomic mass is 16.2. The zero-order valence-electron chi connectivity index (χ0n) is 16.2. The van der Waals surface area contributed by atoms with Gasteiger partial charge in [0, 0.05) is 17.4 Å². The van der Waals surface area contributed by atoms with E-state index in [1.54, 1.807) is 0 Å². The van der Waals surface area contributed by atoms with Crippen LogP contribution in [0, 0.1) is 5.92 Å². The fraction of sp³-hybridized carbons (Fsp3) is 0.524. The Balaban J connectivity index is 2.32. The number of rotatable bonds is 7. The zero-order chi connectivity index (χ0) is 18.4. The van der Waals surface area contributed by atoms with E-state index in [4.69, 9.17) is 5.10 Å². The molecule has 1 N–H and O–H groups in total. The third-order valence-corrected chi connectivity index (χ3v) is 4.50. The van der Waals surface area contributed by atoms with Gasteiger partial charge in [0.25, 0.3) is 0 Å². The lowest BCUT2D eigenvalue weighted by molar-refractivity contribution is -0.120. The van der Waals surface area contributed by atoms with Gasteiger partial charge in [-0.15, -0.1) is 0 Å². The minimum absolute atomic E-state index is 0.0529. The average Bonchev–Trinajstić information content (AvgIpc) is 3.00. The Hall–Kier alpha value is -2.10. The second-order valence-corrected chi connectivity index (χ2v) is 7.65. The molecule has 0 spiro atoms. The molecule has 2 aromatic rings. The minimum atomic E-state index is -0.0775. The number of benzene rings is 1. The Labute approximate surface area is 151 Å². The standard InChI is InChI=1S/C21H31N3O/c1-6-8-12-16(7-2)20(25)22-19-15-18(21(3,4)5)23-24(19)17-13-10-9-11-14-17/h9-11,13-16H,6-8,12H2,1-5H3,(H,22,25)/t16-/m1/s1. The van der Waals surface area contributed by atoms with Crippen LogP contribution in [-0.2, 0) is 10.2 Å². The van der Waals surface area contributed by atoms with Gasteiger partial charge in [0.05, 0.1) is 11.4 Å². The molecule has 1 aromatic carbocycles. The molecule has 0 aliphatic carbocycles. The second kappa shape index (κ2) is 8.32. The van der Waals surface area contributed by atoms with Crippen LogP contribution in [0.25, 0.3) is 5.69 Å². The summed E-state index contributed by atoms with van der Waals surface area (Å²) in [4.78, 5) is 12.7. The minimum Gasteiger partial charge on any atom is -0.310 e. The van der Waals surface area contributed by atoms with Crippen LogP contribution in [-0.4, -0.2) is 15.7 Å². The van der Waals surface area contributed by atoms with Crippen LogP contribution in [0.15, 0.2) is 36.4 Å². The largest absolute Gasteiger partial charge is 0.310 e. The van der Waals surface area contributed by atoms with Crippen molar-refractivity contribution >= 4 is 11.7 Å². The maximum atomic E-state index is 12.7. The van der Waals surface area contributed by atoms with E-state index in [0.717, 1.165) is 42.9 Å². The molecule has 0 saturated carbocycles. The molecule has 0 saturated heterocycles.